The Labute approximate surface area is 571 Å². The molecule has 4 unspecified atom stereocenters. The first kappa shape index (κ1) is 69.2. The van der Waals surface area contributed by atoms with Crippen molar-refractivity contribution in [3.8, 4) is 23.0 Å². The second kappa shape index (κ2) is 31.6. The maximum Gasteiger partial charge on any atom is 1.00 e. The van der Waals surface area contributed by atoms with Crippen LogP contribution in [0.2, 0.25) is 0 Å². The van der Waals surface area contributed by atoms with E-state index in [4.69, 9.17) is 37.0 Å². The molecule has 0 saturated carbocycles. The monoisotopic (exact) mass is 1120 g/mol. The van der Waals surface area contributed by atoms with Crippen LogP contribution in [0.25, 0.3) is 0 Å². The van der Waals surface area contributed by atoms with Gasteiger partial charge in [-0.25, -0.2) is 0 Å². The fourth-order valence-electron chi connectivity index (χ4n) is 7.43. The van der Waals surface area contributed by atoms with Gasteiger partial charge in [-0.2, -0.15) is 0 Å². The van der Waals surface area contributed by atoms with E-state index in [1.165, 1.54) is 48.5 Å². The van der Waals surface area contributed by atoms with Crippen LogP contribution in [0.4, 0.5) is 0 Å². The minimum Gasteiger partial charge on any atom is -0.775 e. The van der Waals surface area contributed by atoms with Gasteiger partial charge in [-0.3, -0.25) is 0 Å². The maximum atomic E-state index is 13.6. The summed E-state index contributed by atoms with van der Waals surface area (Å²) in [7, 11) is -14.8. The summed E-state index contributed by atoms with van der Waals surface area (Å²) in [6.07, 6.45) is 1.60. The molecule has 1 aliphatic rings. The molecule has 68 heavy (non-hydrogen) atoms. The third-order valence-electron chi connectivity index (χ3n) is 10.5. The maximum absolute atomic E-state index is 13.6. The average molecular weight is 1120 g/mol. The van der Waals surface area contributed by atoms with Crippen LogP contribution in [0, 0.1) is 0 Å². The predicted molar refractivity (Wildman–Crippen MR) is 237 cm³/mol. The Morgan fingerprint density at radius 1 is 0.353 bits per heavy atom. The Hall–Kier alpha value is 3.23. The molecule has 0 N–H and O–H groups in total. The molecule has 5 rings (SSSR count). The summed E-state index contributed by atoms with van der Waals surface area (Å²) in [4.78, 5) is 54.5. The van der Waals surface area contributed by atoms with Gasteiger partial charge in [0.25, 0.3) is 0 Å². The molecule has 0 fully saturated rings. The molecular formula is C44H56K4O16P4. The molecule has 0 radical (unpaired) electrons. The van der Waals surface area contributed by atoms with E-state index in [1.807, 2.05) is 27.7 Å². The van der Waals surface area contributed by atoms with E-state index in [-0.39, 0.29) is 302 Å². The fourth-order valence-corrected chi connectivity index (χ4v) is 10.8. The van der Waals surface area contributed by atoms with E-state index in [2.05, 4.69) is 0 Å². The Morgan fingerprint density at radius 3 is 0.618 bits per heavy atom. The van der Waals surface area contributed by atoms with E-state index in [9.17, 15) is 37.8 Å². The van der Waals surface area contributed by atoms with Crippen LogP contribution >= 0.6 is 30.4 Å². The van der Waals surface area contributed by atoms with E-state index >= 15 is 0 Å². The molecule has 24 heteroatoms. The average Bonchev–Trinajstić information content (AvgIpc) is 3.27. The fraction of sp³-hybridized carbons (Fsp3) is 0.455. The minimum atomic E-state index is -4.74. The molecule has 352 valence electrons. The van der Waals surface area contributed by atoms with Crippen molar-refractivity contribution in [2.75, 3.05) is 54.9 Å². The normalized spacial score (nSPS) is 15.5. The van der Waals surface area contributed by atoms with Crippen LogP contribution in [0.3, 0.4) is 0 Å². The molecule has 0 saturated heterocycles. The summed E-state index contributed by atoms with van der Waals surface area (Å²) in [5, 5.41) is -0.878. The van der Waals surface area contributed by atoms with Crippen molar-refractivity contribution < 1.29 is 280 Å². The largest absolute Gasteiger partial charge is 1.00 e. The standard InChI is InChI=1S/C44H60O16P4.4K/c1-9-13-57-41-29-17-31-23-38(62(47,48)54-6)25-33(42(31)58-14-10-2)19-35-27-40(64(51,52)56-8)28-36(44(35)60-16-12-4)20-34-26-39(63(49,50)55-7)24-32(43(34)59-15-11-3)18-30(41)22-37(21-29)61(45,46)53-5;;;;/h21-28H,9-20H2,1-8H3,(H,45,46)(H,47,48)(H,49,50)(H,51,52);;;;/q;4*+1/p-4. The molecule has 16 nitrogen and oxygen atoms in total. The molecule has 0 heterocycles. The second-order valence-electron chi connectivity index (χ2n) is 15.2. The van der Waals surface area contributed by atoms with Crippen molar-refractivity contribution in [2.24, 2.45) is 0 Å². The smallest absolute Gasteiger partial charge is 0.775 e. The summed E-state index contributed by atoms with van der Waals surface area (Å²) in [5.41, 5.74) is 2.49. The number of ether oxygens (including phenoxy) is 4. The van der Waals surface area contributed by atoms with Crippen LogP contribution in [-0.2, 0) is 62.0 Å². The third-order valence-corrected chi connectivity index (χ3v) is 15.9. The molecule has 1 aliphatic carbocycles. The van der Waals surface area contributed by atoms with Crippen molar-refractivity contribution in [1.82, 2.24) is 0 Å². The van der Waals surface area contributed by atoms with Crippen molar-refractivity contribution in [3.05, 3.63) is 93.0 Å². The molecule has 0 amide bonds. The SMILES string of the molecule is CCCOc1c2cc(P(=O)([O-])OC)cc1Cc1cc(P(=O)([O-])OC)cc(c1OCCC)Cc1cc(P(=O)([O-])OC)cc(c1OCCC)Cc1cc(P(=O)([O-])OC)cc(c1OCCC)C2.[K+].[K+].[K+].[K+]. The van der Waals surface area contributed by atoms with E-state index < -0.39 is 30.4 Å². The molecule has 4 atom stereocenters. The number of fused-ring (bicyclic) bond motifs is 8. The van der Waals surface area contributed by atoms with Gasteiger partial charge in [0.15, 0.2) is 30.4 Å². The van der Waals surface area contributed by atoms with Crippen LogP contribution < -0.4 is 265 Å². The summed E-state index contributed by atoms with van der Waals surface area (Å²) in [6.45, 7) is 8.34. The minimum absolute atomic E-state index is 0. The molecule has 0 aromatic heterocycles. The quantitative estimate of drug-likeness (QED) is 0.0521. The summed E-state index contributed by atoms with van der Waals surface area (Å²) in [6, 6.07) is 11.2. The van der Waals surface area contributed by atoms with Gasteiger partial charge >= 0.3 is 206 Å². The van der Waals surface area contributed by atoms with E-state index in [0.29, 0.717) is 70.2 Å². The van der Waals surface area contributed by atoms with Crippen LogP contribution in [0.1, 0.15) is 97.9 Å². The zero-order valence-electron chi connectivity index (χ0n) is 41.4. The van der Waals surface area contributed by atoms with Gasteiger partial charge in [0.05, 0.1) is 26.4 Å². The van der Waals surface area contributed by atoms with Gasteiger partial charge in [0.2, 0.25) is 0 Å². The van der Waals surface area contributed by atoms with E-state index in [1.54, 1.807) is 0 Å². The van der Waals surface area contributed by atoms with Crippen LogP contribution in [-0.4, -0.2) is 54.9 Å². The second-order valence-corrected chi connectivity index (χ2v) is 22.7. The first-order valence-electron chi connectivity index (χ1n) is 21.0. The van der Waals surface area contributed by atoms with Crippen molar-refractivity contribution in [3.63, 3.8) is 0 Å². The number of hydrogen-bond donors (Lipinski definition) is 0. The Balaban J connectivity index is 0.00000578. The summed E-state index contributed by atoms with van der Waals surface area (Å²) in [5.74, 6) is 1.06. The Morgan fingerprint density at radius 2 is 0.500 bits per heavy atom. The molecule has 4 aromatic carbocycles. The molecular weight excluding hydrogens is 1060 g/mol. The molecule has 8 bridgehead atoms. The Bertz CT molecular complexity index is 2090. The number of hydrogen-bond acceptors (Lipinski definition) is 16. The summed E-state index contributed by atoms with van der Waals surface area (Å²) >= 11 is 0. The van der Waals surface area contributed by atoms with Crippen molar-refractivity contribution >= 4 is 51.6 Å². The van der Waals surface area contributed by atoms with Gasteiger partial charge < -0.3 is 74.9 Å². The zero-order chi connectivity index (χ0) is 47.0. The molecule has 0 aliphatic heterocycles. The van der Waals surface area contributed by atoms with Gasteiger partial charge in [0, 0.05) is 75.3 Å². The van der Waals surface area contributed by atoms with Gasteiger partial charge in [0.1, 0.15) is 23.0 Å². The van der Waals surface area contributed by atoms with Crippen LogP contribution in [0.5, 0.6) is 23.0 Å². The van der Waals surface area contributed by atoms with Gasteiger partial charge in [-0.05, 0) is 119 Å². The number of benzene rings is 4. The first-order chi connectivity index (χ1) is 30.3. The van der Waals surface area contributed by atoms with E-state index in [0.717, 1.165) is 28.4 Å². The molecule has 0 spiro atoms. The zero-order valence-corrected chi connectivity index (χ0v) is 57.5. The van der Waals surface area contributed by atoms with Crippen molar-refractivity contribution in [1.29, 1.82) is 0 Å². The Kier molecular flexibility index (Phi) is 32.2. The first-order valence-corrected chi connectivity index (χ1v) is 27.1. The van der Waals surface area contributed by atoms with Gasteiger partial charge in [-0.1, -0.05) is 27.7 Å². The topological polar surface area (TPSA) is 234 Å². The van der Waals surface area contributed by atoms with Crippen molar-refractivity contribution in [2.45, 2.75) is 79.1 Å². The van der Waals surface area contributed by atoms with Gasteiger partial charge in [-0.15, -0.1) is 0 Å². The third kappa shape index (κ3) is 17.6. The summed E-state index contributed by atoms with van der Waals surface area (Å²) < 4.78 is 100. The van der Waals surface area contributed by atoms with Crippen LogP contribution in [0.15, 0.2) is 48.5 Å². The molecule has 4 aromatic rings. The number of rotatable bonds is 20. The predicted octanol–water partition coefficient (Wildman–Crippen LogP) is -7.17.